The van der Waals surface area contributed by atoms with E-state index >= 15 is 0 Å². The van der Waals surface area contributed by atoms with Crippen molar-refractivity contribution >= 4 is 14.5 Å². The van der Waals surface area contributed by atoms with E-state index in [0.717, 1.165) is 67.7 Å². The van der Waals surface area contributed by atoms with Crippen LogP contribution in [0.3, 0.4) is 0 Å². The summed E-state index contributed by atoms with van der Waals surface area (Å²) < 4.78 is 17.5. The molecule has 0 spiro atoms. The molecule has 1 aromatic rings. The van der Waals surface area contributed by atoms with Gasteiger partial charge in [-0.05, 0) is 19.3 Å². The Bertz CT molecular complexity index is 396. The third-order valence-corrected chi connectivity index (χ3v) is 3.81. The maximum atomic E-state index is 5.86. The molecule has 0 bridgehead atoms. The van der Waals surface area contributed by atoms with Crippen LogP contribution in [0.15, 0.2) is 12.1 Å². The molecule has 0 atom stereocenters. The first-order valence-corrected chi connectivity index (χ1v) is 9.00. The van der Waals surface area contributed by atoms with Crippen molar-refractivity contribution in [3.05, 3.63) is 12.1 Å². The van der Waals surface area contributed by atoms with Gasteiger partial charge in [0.15, 0.2) is 0 Å². The number of hydrogen-bond donors (Lipinski definition) is 0. The van der Waals surface area contributed by atoms with Gasteiger partial charge < -0.3 is 23.5 Å². The van der Waals surface area contributed by atoms with Crippen LogP contribution in [0.2, 0.25) is 0 Å². The zero-order valence-electron chi connectivity index (χ0n) is 15.2. The molecule has 23 heavy (non-hydrogen) atoms. The largest absolute Gasteiger partial charge is 1.00 e. The molecule has 1 aromatic carbocycles. The first kappa shape index (κ1) is 22.6. The fourth-order valence-corrected chi connectivity index (χ4v) is 2.15. The van der Waals surface area contributed by atoms with E-state index in [0.29, 0.717) is 13.2 Å². The van der Waals surface area contributed by atoms with Crippen LogP contribution in [0.25, 0.3) is 0 Å². The van der Waals surface area contributed by atoms with Crippen molar-refractivity contribution in [2.45, 2.75) is 59.3 Å². The summed E-state index contributed by atoms with van der Waals surface area (Å²) in [6.45, 7) is 8.61. The topological polar surface area (TPSA) is 27.7 Å². The summed E-state index contributed by atoms with van der Waals surface area (Å²) in [7, 11) is 3.65. The summed E-state index contributed by atoms with van der Waals surface area (Å²) in [6, 6.07) is 3.89. The molecule has 0 saturated heterocycles. The van der Waals surface area contributed by atoms with Crippen LogP contribution in [0.5, 0.6) is 17.2 Å². The molecule has 0 heterocycles. The molecule has 0 fully saturated rings. The Morgan fingerprint density at radius 1 is 0.739 bits per heavy atom. The Morgan fingerprint density at radius 2 is 1.13 bits per heavy atom. The van der Waals surface area contributed by atoms with E-state index in [-0.39, 0.29) is 18.9 Å². The molecule has 0 amide bonds. The van der Waals surface area contributed by atoms with E-state index in [1.54, 1.807) is 0 Å². The van der Waals surface area contributed by atoms with E-state index in [1.165, 1.54) is 0 Å². The predicted octanol–water partition coefficient (Wildman–Crippen LogP) is 2.00. The van der Waals surface area contributed by atoms with Crippen LogP contribution in [-0.2, 0) is 0 Å². The molecule has 3 nitrogen and oxygen atoms in total. The number of benzene rings is 1. The second-order valence-corrected chi connectivity index (χ2v) is 5.90. The SMILES string of the molecule is CCCCOc1cc(OCCCC)c([PH-])c(OCCCC)c1.[Li+]. The van der Waals surface area contributed by atoms with Gasteiger partial charge in [0.25, 0.3) is 0 Å². The number of rotatable bonds is 12. The molecule has 0 unspecified atom stereocenters. The third-order valence-electron chi connectivity index (χ3n) is 3.32. The van der Waals surface area contributed by atoms with Crippen LogP contribution < -0.4 is 38.4 Å². The van der Waals surface area contributed by atoms with Gasteiger partial charge in [-0.15, -0.1) is 5.30 Å². The zero-order chi connectivity index (χ0) is 16.2. The summed E-state index contributed by atoms with van der Waals surface area (Å²) in [5.41, 5.74) is 0. The number of unbranched alkanes of at least 4 members (excludes halogenated alkanes) is 3. The van der Waals surface area contributed by atoms with Gasteiger partial charge in [0.05, 0.1) is 31.3 Å². The Morgan fingerprint density at radius 3 is 1.52 bits per heavy atom. The van der Waals surface area contributed by atoms with Crippen molar-refractivity contribution < 1.29 is 33.1 Å². The van der Waals surface area contributed by atoms with Gasteiger partial charge in [0, 0.05) is 12.1 Å². The van der Waals surface area contributed by atoms with E-state index < -0.39 is 0 Å². The number of ether oxygens (including phenoxy) is 3. The number of hydrogen-bond acceptors (Lipinski definition) is 3. The maximum absolute atomic E-state index is 5.86. The van der Waals surface area contributed by atoms with Crippen molar-refractivity contribution in [3.8, 4) is 17.2 Å². The average Bonchev–Trinajstić information content (AvgIpc) is 2.52. The third kappa shape index (κ3) is 8.90. The van der Waals surface area contributed by atoms with Crippen LogP contribution in [0, 0.1) is 0 Å². The minimum Gasteiger partial charge on any atom is -0.517 e. The van der Waals surface area contributed by atoms with Gasteiger partial charge in [-0.25, -0.2) is 0 Å². The van der Waals surface area contributed by atoms with Crippen molar-refractivity contribution in [3.63, 3.8) is 0 Å². The molecule has 1 rings (SSSR count). The molecule has 0 aromatic heterocycles. The molecule has 5 heteroatoms. The first-order valence-electron chi connectivity index (χ1n) is 8.50. The van der Waals surface area contributed by atoms with Crippen molar-refractivity contribution in [1.29, 1.82) is 0 Å². The molecule has 126 valence electrons. The minimum atomic E-state index is 0. The van der Waals surface area contributed by atoms with E-state index in [9.17, 15) is 0 Å². The quantitative estimate of drug-likeness (QED) is 0.333. The van der Waals surface area contributed by atoms with E-state index in [1.807, 2.05) is 12.1 Å². The van der Waals surface area contributed by atoms with Gasteiger partial charge in [-0.1, -0.05) is 40.0 Å². The van der Waals surface area contributed by atoms with Crippen molar-refractivity contribution in [2.75, 3.05) is 19.8 Å². The molecular formula is C18H30LiO3P. The van der Waals surface area contributed by atoms with Crippen LogP contribution in [0.1, 0.15) is 59.3 Å². The van der Waals surface area contributed by atoms with Crippen LogP contribution >= 0.6 is 9.24 Å². The molecule has 0 aliphatic rings. The Kier molecular flexibility index (Phi) is 13.8. The molecule has 0 radical (unpaired) electrons. The predicted molar refractivity (Wildman–Crippen MR) is 95.6 cm³/mol. The van der Waals surface area contributed by atoms with Crippen LogP contribution in [-0.4, -0.2) is 19.8 Å². The standard InChI is InChI=1S/C18H30O3P.Li/c1-4-7-10-19-15-13-16(20-11-8-5-2)18(22)17(14-15)21-12-9-6-3;/h13-14,22H,4-12H2,1-3H3;/q-1;+1. The van der Waals surface area contributed by atoms with E-state index in [2.05, 4.69) is 30.0 Å². The van der Waals surface area contributed by atoms with Crippen LogP contribution in [0.4, 0.5) is 0 Å². The van der Waals surface area contributed by atoms with Gasteiger partial charge in [-0.3, -0.25) is 0 Å². The van der Waals surface area contributed by atoms with Crippen molar-refractivity contribution in [2.24, 2.45) is 0 Å². The van der Waals surface area contributed by atoms with Crippen molar-refractivity contribution in [1.82, 2.24) is 0 Å². The summed E-state index contributed by atoms with van der Waals surface area (Å²) >= 11 is 0. The Balaban J connectivity index is 0.00000484. The normalized spacial score (nSPS) is 10.1. The molecule has 0 N–H and O–H groups in total. The minimum absolute atomic E-state index is 0. The van der Waals surface area contributed by atoms with Gasteiger partial charge in [-0.2, -0.15) is 0 Å². The fourth-order valence-electron chi connectivity index (χ4n) is 1.86. The monoisotopic (exact) mass is 332 g/mol. The smallest absolute Gasteiger partial charge is 0.517 e. The van der Waals surface area contributed by atoms with Gasteiger partial charge >= 0.3 is 18.9 Å². The molecule has 0 saturated carbocycles. The molecular weight excluding hydrogens is 302 g/mol. The molecule has 0 aliphatic carbocycles. The summed E-state index contributed by atoms with van der Waals surface area (Å²) in [6.07, 6.45) is 6.48. The second kappa shape index (κ2) is 14.0. The Hall–Kier alpha value is -0.353. The Labute approximate surface area is 156 Å². The molecule has 0 aliphatic heterocycles. The second-order valence-electron chi connectivity index (χ2n) is 5.40. The van der Waals surface area contributed by atoms with Gasteiger partial charge in [0.2, 0.25) is 0 Å². The maximum Gasteiger partial charge on any atom is 1.00 e. The zero-order valence-corrected chi connectivity index (χ0v) is 16.2. The summed E-state index contributed by atoms with van der Waals surface area (Å²) in [5.74, 6) is 2.41. The summed E-state index contributed by atoms with van der Waals surface area (Å²) in [5, 5.41) is 0.870. The summed E-state index contributed by atoms with van der Waals surface area (Å²) in [4.78, 5) is 0. The average molecular weight is 332 g/mol. The van der Waals surface area contributed by atoms with E-state index in [4.69, 9.17) is 14.2 Å². The first-order chi connectivity index (χ1) is 10.7. The fraction of sp³-hybridized carbons (Fsp3) is 0.667. The van der Waals surface area contributed by atoms with Gasteiger partial charge in [0.1, 0.15) is 5.75 Å².